The molecule has 2 nitrogen and oxygen atoms in total. The van der Waals surface area contributed by atoms with Crippen molar-refractivity contribution in [1.82, 2.24) is 0 Å². The van der Waals surface area contributed by atoms with Gasteiger partial charge in [-0.05, 0) is 37.0 Å². The van der Waals surface area contributed by atoms with E-state index in [1.165, 1.54) is 25.7 Å². The molecule has 0 aromatic rings. The van der Waals surface area contributed by atoms with Gasteiger partial charge in [0.1, 0.15) is 0 Å². The minimum Gasteiger partial charge on any atom is -0.465 e. The second-order valence-electron chi connectivity index (χ2n) is 7.16. The van der Waals surface area contributed by atoms with Gasteiger partial charge in [0, 0.05) is 0 Å². The molecule has 1 fully saturated rings. The molecular weight excluding hydrogens is 224 g/mol. The third-order valence-electron chi connectivity index (χ3n) is 3.75. The second kappa shape index (κ2) is 7.16. The smallest absolute Gasteiger partial charge is 0.308 e. The van der Waals surface area contributed by atoms with Crippen molar-refractivity contribution < 1.29 is 9.53 Å². The molecule has 1 aliphatic carbocycles. The molecule has 2 heteroatoms. The molecule has 1 rings (SSSR count). The van der Waals surface area contributed by atoms with E-state index < -0.39 is 0 Å². The van der Waals surface area contributed by atoms with Crippen molar-refractivity contribution in [2.24, 2.45) is 17.3 Å². The van der Waals surface area contributed by atoms with Gasteiger partial charge in [0.05, 0.1) is 12.5 Å². The summed E-state index contributed by atoms with van der Waals surface area (Å²) in [5.74, 6) is 0.874. The number of rotatable bonds is 5. The molecule has 1 aliphatic rings. The minimum absolute atomic E-state index is 0.0534. The third kappa shape index (κ3) is 6.42. The number of carbonyl (C=O) groups excluding carboxylic acids is 1. The van der Waals surface area contributed by atoms with Crippen LogP contribution in [0.4, 0.5) is 0 Å². The molecule has 18 heavy (non-hydrogen) atoms. The Labute approximate surface area is 112 Å². The molecule has 0 bridgehead atoms. The summed E-state index contributed by atoms with van der Waals surface area (Å²) in [7, 11) is 0. The summed E-state index contributed by atoms with van der Waals surface area (Å²) in [6, 6.07) is 0. The van der Waals surface area contributed by atoms with E-state index in [1.807, 2.05) is 0 Å². The van der Waals surface area contributed by atoms with Crippen molar-refractivity contribution in [3.8, 4) is 0 Å². The SMILES string of the molecule is CC(CCOC(=O)C1CCCCC1)CC(C)(C)C. The number of hydrogen-bond donors (Lipinski definition) is 0. The van der Waals surface area contributed by atoms with Crippen LogP contribution in [0, 0.1) is 17.3 Å². The molecule has 1 atom stereocenters. The van der Waals surface area contributed by atoms with E-state index in [9.17, 15) is 4.79 Å². The zero-order chi connectivity index (χ0) is 13.6. The van der Waals surface area contributed by atoms with Crippen LogP contribution < -0.4 is 0 Å². The van der Waals surface area contributed by atoms with E-state index in [0.29, 0.717) is 17.9 Å². The van der Waals surface area contributed by atoms with Crippen molar-refractivity contribution in [1.29, 1.82) is 0 Å². The fourth-order valence-corrected chi connectivity index (χ4v) is 2.96. The lowest BCUT2D eigenvalue weighted by molar-refractivity contribution is -0.150. The lowest BCUT2D eigenvalue weighted by atomic mass is 9.84. The van der Waals surface area contributed by atoms with Crippen LogP contribution in [-0.2, 0) is 9.53 Å². The summed E-state index contributed by atoms with van der Waals surface area (Å²) in [5, 5.41) is 0. The fraction of sp³-hybridized carbons (Fsp3) is 0.938. The first kappa shape index (κ1) is 15.5. The van der Waals surface area contributed by atoms with Crippen molar-refractivity contribution in [3.63, 3.8) is 0 Å². The quantitative estimate of drug-likeness (QED) is 0.672. The molecule has 0 amide bonds. The molecule has 0 N–H and O–H groups in total. The van der Waals surface area contributed by atoms with Crippen LogP contribution in [0.3, 0.4) is 0 Å². The molecule has 0 radical (unpaired) electrons. The van der Waals surface area contributed by atoms with Gasteiger partial charge in [-0.15, -0.1) is 0 Å². The van der Waals surface area contributed by atoms with E-state index in [0.717, 1.165) is 19.3 Å². The predicted molar refractivity (Wildman–Crippen MR) is 75.4 cm³/mol. The third-order valence-corrected chi connectivity index (χ3v) is 3.75. The summed E-state index contributed by atoms with van der Waals surface area (Å²) in [6.45, 7) is 9.64. The summed E-state index contributed by atoms with van der Waals surface area (Å²) < 4.78 is 5.43. The Bertz CT molecular complexity index is 246. The van der Waals surface area contributed by atoms with Crippen LogP contribution in [0.25, 0.3) is 0 Å². The van der Waals surface area contributed by atoms with Crippen LogP contribution >= 0.6 is 0 Å². The predicted octanol–water partition coefficient (Wildman–Crippen LogP) is 4.57. The average Bonchev–Trinajstić information content (AvgIpc) is 2.27. The Hall–Kier alpha value is -0.530. The van der Waals surface area contributed by atoms with Gasteiger partial charge in [-0.1, -0.05) is 47.0 Å². The van der Waals surface area contributed by atoms with E-state index in [2.05, 4.69) is 27.7 Å². The summed E-state index contributed by atoms with van der Waals surface area (Å²) >= 11 is 0. The first-order valence-corrected chi connectivity index (χ1v) is 7.55. The molecule has 0 saturated heterocycles. The van der Waals surface area contributed by atoms with Crippen LogP contribution in [0.1, 0.15) is 72.6 Å². The molecular formula is C16H30O2. The van der Waals surface area contributed by atoms with Crippen LogP contribution in [0.5, 0.6) is 0 Å². The normalized spacial score (nSPS) is 19.6. The maximum Gasteiger partial charge on any atom is 0.308 e. The van der Waals surface area contributed by atoms with E-state index in [-0.39, 0.29) is 11.9 Å². The van der Waals surface area contributed by atoms with Crippen molar-refractivity contribution >= 4 is 5.97 Å². The topological polar surface area (TPSA) is 26.3 Å². The van der Waals surface area contributed by atoms with Crippen molar-refractivity contribution in [2.45, 2.75) is 72.6 Å². The molecule has 0 aromatic carbocycles. The number of esters is 1. The Balaban J connectivity index is 2.14. The molecule has 1 saturated carbocycles. The highest BCUT2D eigenvalue weighted by molar-refractivity contribution is 5.72. The van der Waals surface area contributed by atoms with Gasteiger partial charge in [0.2, 0.25) is 0 Å². The number of carbonyl (C=O) groups is 1. The van der Waals surface area contributed by atoms with Gasteiger partial charge < -0.3 is 4.74 Å². The number of ether oxygens (including phenoxy) is 1. The van der Waals surface area contributed by atoms with Gasteiger partial charge >= 0.3 is 5.97 Å². The lowest BCUT2D eigenvalue weighted by Gasteiger charge is -2.24. The van der Waals surface area contributed by atoms with Crippen LogP contribution in [-0.4, -0.2) is 12.6 Å². The Morgan fingerprint density at radius 1 is 1.22 bits per heavy atom. The van der Waals surface area contributed by atoms with E-state index >= 15 is 0 Å². The van der Waals surface area contributed by atoms with E-state index in [4.69, 9.17) is 4.74 Å². The lowest BCUT2D eigenvalue weighted by Crippen LogP contribution is -2.21. The molecule has 1 unspecified atom stereocenters. The largest absolute Gasteiger partial charge is 0.465 e. The summed E-state index contributed by atoms with van der Waals surface area (Å²) in [4.78, 5) is 11.8. The van der Waals surface area contributed by atoms with Gasteiger partial charge in [-0.25, -0.2) is 0 Å². The Morgan fingerprint density at radius 2 is 1.83 bits per heavy atom. The maximum atomic E-state index is 11.8. The van der Waals surface area contributed by atoms with Gasteiger partial charge in [0.15, 0.2) is 0 Å². The molecule has 0 heterocycles. The highest BCUT2D eigenvalue weighted by atomic mass is 16.5. The monoisotopic (exact) mass is 254 g/mol. The zero-order valence-corrected chi connectivity index (χ0v) is 12.6. The Kier molecular flexibility index (Phi) is 6.17. The molecule has 0 aromatic heterocycles. The fourth-order valence-electron chi connectivity index (χ4n) is 2.96. The average molecular weight is 254 g/mol. The highest BCUT2D eigenvalue weighted by Gasteiger charge is 2.22. The van der Waals surface area contributed by atoms with Crippen LogP contribution in [0.2, 0.25) is 0 Å². The minimum atomic E-state index is 0.0534. The molecule has 106 valence electrons. The van der Waals surface area contributed by atoms with Gasteiger partial charge in [-0.2, -0.15) is 0 Å². The second-order valence-corrected chi connectivity index (χ2v) is 7.16. The van der Waals surface area contributed by atoms with Crippen molar-refractivity contribution in [3.05, 3.63) is 0 Å². The standard InChI is InChI=1S/C16H30O2/c1-13(12-16(2,3)4)10-11-18-15(17)14-8-6-5-7-9-14/h13-14H,5-12H2,1-4H3. The highest BCUT2D eigenvalue weighted by Crippen LogP contribution is 2.27. The first-order valence-electron chi connectivity index (χ1n) is 7.55. The van der Waals surface area contributed by atoms with Gasteiger partial charge in [-0.3, -0.25) is 4.79 Å². The van der Waals surface area contributed by atoms with Gasteiger partial charge in [0.25, 0.3) is 0 Å². The molecule has 0 aliphatic heterocycles. The summed E-state index contributed by atoms with van der Waals surface area (Å²) in [6.07, 6.45) is 7.93. The summed E-state index contributed by atoms with van der Waals surface area (Å²) in [5.41, 5.74) is 0.368. The Morgan fingerprint density at radius 3 is 2.39 bits per heavy atom. The maximum absolute atomic E-state index is 11.8. The zero-order valence-electron chi connectivity index (χ0n) is 12.6. The van der Waals surface area contributed by atoms with Crippen molar-refractivity contribution in [2.75, 3.05) is 6.61 Å². The van der Waals surface area contributed by atoms with E-state index in [1.54, 1.807) is 0 Å². The van der Waals surface area contributed by atoms with Crippen LogP contribution in [0.15, 0.2) is 0 Å². The first-order chi connectivity index (χ1) is 8.38. The molecule has 0 spiro atoms. The number of hydrogen-bond acceptors (Lipinski definition) is 2.